The number of hydrogen-bond donors (Lipinski definition) is 0. The van der Waals surface area contributed by atoms with Gasteiger partial charge in [0.05, 0.1) is 8.99 Å². The van der Waals surface area contributed by atoms with Crippen molar-refractivity contribution in [1.82, 2.24) is 0 Å². The SMILES string of the molecule is C[SiH](C)CCC1=Cc2ccccc2C1(Cl)[Si](C)(C)C1(Cl)C(C[Si](C)(C)C)=Cc2ccccc21. The summed E-state index contributed by atoms with van der Waals surface area (Å²) in [5, 5.41) is 0. The van der Waals surface area contributed by atoms with Crippen LogP contribution in [0.15, 0.2) is 59.7 Å². The standard InChI is InChI=1S/C28H38Cl2Si3/c1-31(2)17-16-23-18-21-12-8-10-14-25(21)27(23,29)33(6,7)28(30)24(20-32(3,4)5)19-22-13-9-11-15-26(22)28/h8-15,18-19,31H,16-17,20H2,1-7H3. The molecule has 0 fully saturated rings. The third kappa shape index (κ3) is 4.02. The molecule has 2 unspecified atom stereocenters. The van der Waals surface area contributed by atoms with Crippen LogP contribution in [0.1, 0.15) is 28.7 Å². The van der Waals surface area contributed by atoms with Crippen molar-refractivity contribution in [2.24, 2.45) is 0 Å². The molecule has 0 amide bonds. The number of fused-ring (bicyclic) bond motifs is 2. The first-order valence-corrected chi connectivity index (χ1v) is 22.9. The number of hydrogen-bond acceptors (Lipinski definition) is 0. The molecule has 2 aromatic carbocycles. The van der Waals surface area contributed by atoms with E-state index in [1.54, 1.807) is 0 Å². The number of halogens is 2. The average molecular weight is 530 g/mol. The summed E-state index contributed by atoms with van der Waals surface area (Å²) in [5.41, 5.74) is 7.94. The van der Waals surface area contributed by atoms with Gasteiger partial charge in [0.2, 0.25) is 0 Å². The molecule has 0 aromatic heterocycles. The first-order valence-electron chi connectivity index (χ1n) is 12.3. The van der Waals surface area contributed by atoms with Crippen LogP contribution in [-0.2, 0) is 8.99 Å². The Bertz CT molecular complexity index is 1130. The summed E-state index contributed by atoms with van der Waals surface area (Å²) in [6, 6.07) is 20.0. The van der Waals surface area contributed by atoms with Crippen LogP contribution in [0, 0.1) is 0 Å². The predicted molar refractivity (Wildman–Crippen MR) is 158 cm³/mol. The minimum Gasteiger partial charge on any atom is -0.113 e. The maximum absolute atomic E-state index is 8.04. The van der Waals surface area contributed by atoms with Crippen LogP contribution >= 0.6 is 23.2 Å². The number of allylic oxidation sites excluding steroid dienone is 2. The highest BCUT2D eigenvalue weighted by molar-refractivity contribution is 6.96. The Morgan fingerprint density at radius 1 is 0.727 bits per heavy atom. The maximum Gasteiger partial charge on any atom is 0.117 e. The molecular weight excluding hydrogens is 491 g/mol. The van der Waals surface area contributed by atoms with Crippen LogP contribution in [0.2, 0.25) is 57.9 Å². The third-order valence-electron chi connectivity index (χ3n) is 7.64. The lowest BCUT2D eigenvalue weighted by molar-refractivity contribution is 0.829. The Morgan fingerprint density at radius 2 is 1.18 bits per heavy atom. The highest BCUT2D eigenvalue weighted by atomic mass is 35.5. The predicted octanol–water partition coefficient (Wildman–Crippen LogP) is 9.05. The van der Waals surface area contributed by atoms with Gasteiger partial charge in [-0.2, -0.15) is 0 Å². The molecular formula is C28H38Cl2Si3. The first-order chi connectivity index (χ1) is 15.3. The third-order valence-corrected chi connectivity index (χ3v) is 18.9. The summed E-state index contributed by atoms with van der Waals surface area (Å²) in [6.07, 6.45) is 5.89. The molecule has 33 heavy (non-hydrogen) atoms. The van der Waals surface area contributed by atoms with Crippen molar-refractivity contribution in [3.63, 3.8) is 0 Å². The Kier molecular flexibility index (Phi) is 6.63. The Balaban J connectivity index is 1.92. The van der Waals surface area contributed by atoms with Gasteiger partial charge < -0.3 is 0 Å². The smallest absolute Gasteiger partial charge is 0.113 e. The van der Waals surface area contributed by atoms with E-state index in [1.807, 2.05) is 0 Å². The van der Waals surface area contributed by atoms with E-state index in [-0.39, 0.29) is 0 Å². The second-order valence-electron chi connectivity index (χ2n) is 12.1. The van der Waals surface area contributed by atoms with Crippen LogP contribution in [0.5, 0.6) is 0 Å². The summed E-state index contributed by atoms with van der Waals surface area (Å²) in [7, 11) is -4.55. The summed E-state index contributed by atoms with van der Waals surface area (Å²) in [5.74, 6) is 0. The van der Waals surface area contributed by atoms with Crippen LogP contribution < -0.4 is 0 Å². The molecule has 0 heterocycles. The van der Waals surface area contributed by atoms with E-state index in [1.165, 1.54) is 39.4 Å². The summed E-state index contributed by atoms with van der Waals surface area (Å²) in [6.45, 7) is 17.1. The zero-order valence-electron chi connectivity index (χ0n) is 21.2. The van der Waals surface area contributed by atoms with E-state index >= 15 is 0 Å². The topological polar surface area (TPSA) is 0 Å². The van der Waals surface area contributed by atoms with Gasteiger partial charge in [-0.1, -0.05) is 118 Å². The van der Waals surface area contributed by atoms with Crippen molar-refractivity contribution in [3.05, 3.63) is 81.9 Å². The zero-order chi connectivity index (χ0) is 24.2. The largest absolute Gasteiger partial charge is 0.117 e. The normalized spacial score (nSPS) is 24.5. The van der Waals surface area contributed by atoms with E-state index < -0.39 is 33.9 Å². The van der Waals surface area contributed by atoms with Crippen molar-refractivity contribution >= 4 is 60.3 Å². The van der Waals surface area contributed by atoms with Crippen LogP contribution in [-0.4, -0.2) is 24.9 Å². The maximum atomic E-state index is 8.04. The molecule has 2 aliphatic rings. The lowest BCUT2D eigenvalue weighted by Gasteiger charge is -2.51. The molecule has 0 saturated carbocycles. The second-order valence-corrected chi connectivity index (χ2v) is 27.5. The first kappa shape index (κ1) is 25.2. The Labute approximate surface area is 214 Å². The fraction of sp³-hybridized carbons (Fsp3) is 0.429. The average Bonchev–Trinajstić information content (AvgIpc) is 3.19. The van der Waals surface area contributed by atoms with Gasteiger partial charge in [0.1, 0.15) is 8.07 Å². The van der Waals surface area contributed by atoms with E-state index in [0.717, 1.165) is 12.5 Å². The van der Waals surface area contributed by atoms with Gasteiger partial charge in [0, 0.05) is 16.9 Å². The van der Waals surface area contributed by atoms with Crippen LogP contribution in [0.4, 0.5) is 0 Å². The highest BCUT2D eigenvalue weighted by Crippen LogP contribution is 2.63. The van der Waals surface area contributed by atoms with Crippen molar-refractivity contribution in [2.75, 3.05) is 0 Å². The summed E-state index contributed by atoms with van der Waals surface area (Å²) < 4.78 is -1.03. The minimum absolute atomic E-state index is 0.509. The van der Waals surface area contributed by atoms with Crippen LogP contribution in [0.25, 0.3) is 12.2 Å². The quantitative estimate of drug-likeness (QED) is 0.248. The number of rotatable bonds is 7. The minimum atomic E-state index is -2.45. The lowest BCUT2D eigenvalue weighted by atomic mass is 10.1. The number of benzene rings is 2. The second kappa shape index (κ2) is 8.67. The summed E-state index contributed by atoms with van der Waals surface area (Å²) in [4.78, 5) is 0. The molecule has 5 heteroatoms. The molecule has 0 N–H and O–H groups in total. The number of alkyl halides is 2. The summed E-state index contributed by atoms with van der Waals surface area (Å²) >= 11 is 16.1. The molecule has 2 aliphatic carbocycles. The molecule has 176 valence electrons. The van der Waals surface area contributed by atoms with E-state index in [4.69, 9.17) is 23.2 Å². The van der Waals surface area contributed by atoms with E-state index in [0.29, 0.717) is 0 Å². The van der Waals surface area contributed by atoms with Gasteiger partial charge in [0.25, 0.3) is 0 Å². The molecule has 4 rings (SSSR count). The van der Waals surface area contributed by atoms with Gasteiger partial charge in [-0.25, -0.2) is 0 Å². The van der Waals surface area contributed by atoms with Gasteiger partial charge in [-0.05, 0) is 40.3 Å². The zero-order valence-corrected chi connectivity index (χ0v) is 25.9. The molecule has 2 aromatic rings. The molecule has 2 atom stereocenters. The van der Waals surface area contributed by atoms with Gasteiger partial charge >= 0.3 is 0 Å². The fourth-order valence-corrected chi connectivity index (χ4v) is 14.5. The van der Waals surface area contributed by atoms with Crippen molar-refractivity contribution in [2.45, 2.75) is 73.3 Å². The lowest BCUT2D eigenvalue weighted by Crippen LogP contribution is -2.61. The van der Waals surface area contributed by atoms with Crippen molar-refractivity contribution in [1.29, 1.82) is 0 Å². The fourth-order valence-electron chi connectivity index (χ4n) is 5.94. The molecule has 0 nitrogen and oxygen atoms in total. The highest BCUT2D eigenvalue weighted by Gasteiger charge is 2.64. The van der Waals surface area contributed by atoms with Gasteiger partial charge in [-0.3, -0.25) is 0 Å². The molecule has 0 aliphatic heterocycles. The van der Waals surface area contributed by atoms with Crippen molar-refractivity contribution < 1.29 is 0 Å². The molecule has 0 saturated heterocycles. The van der Waals surface area contributed by atoms with Crippen LogP contribution in [0.3, 0.4) is 0 Å². The molecule has 0 radical (unpaired) electrons. The molecule has 0 spiro atoms. The van der Waals surface area contributed by atoms with Gasteiger partial charge in [0.15, 0.2) is 0 Å². The van der Waals surface area contributed by atoms with Gasteiger partial charge in [-0.15, -0.1) is 23.2 Å². The monoisotopic (exact) mass is 528 g/mol. The Morgan fingerprint density at radius 3 is 1.67 bits per heavy atom. The molecule has 0 bridgehead atoms. The van der Waals surface area contributed by atoms with Crippen molar-refractivity contribution in [3.8, 4) is 0 Å². The van der Waals surface area contributed by atoms with E-state index in [9.17, 15) is 0 Å². The van der Waals surface area contributed by atoms with E-state index in [2.05, 4.69) is 107 Å². The Hall–Kier alpha value is -0.849.